The summed E-state index contributed by atoms with van der Waals surface area (Å²) in [6.07, 6.45) is 1.79. The minimum Gasteiger partial charge on any atom is -0.379 e. The van der Waals surface area contributed by atoms with Crippen LogP contribution in [0, 0.1) is 0 Å². The third kappa shape index (κ3) is 6.85. The number of hydrogen-bond acceptors (Lipinski definition) is 4. The van der Waals surface area contributed by atoms with Gasteiger partial charge in [-0.05, 0) is 24.1 Å². The number of aromatic nitrogens is 2. The molecule has 2 rings (SSSR count). The SMILES string of the molecule is CCOCCOCc1cccc(CNC(=NC)NCc2ccnn2C)c1. The van der Waals surface area contributed by atoms with Crippen molar-refractivity contribution in [3.8, 4) is 0 Å². The van der Waals surface area contributed by atoms with Crippen LogP contribution < -0.4 is 10.6 Å². The summed E-state index contributed by atoms with van der Waals surface area (Å²) in [6.45, 7) is 5.91. The Labute approximate surface area is 155 Å². The molecule has 2 N–H and O–H groups in total. The fourth-order valence-electron chi connectivity index (χ4n) is 2.44. The van der Waals surface area contributed by atoms with Crippen molar-refractivity contribution in [1.29, 1.82) is 0 Å². The van der Waals surface area contributed by atoms with Gasteiger partial charge < -0.3 is 20.1 Å². The lowest BCUT2D eigenvalue weighted by atomic mass is 10.1. The molecule has 0 atom stereocenters. The number of rotatable bonds is 10. The largest absolute Gasteiger partial charge is 0.379 e. The molecule has 1 aromatic heterocycles. The van der Waals surface area contributed by atoms with E-state index in [1.165, 1.54) is 5.56 Å². The van der Waals surface area contributed by atoms with E-state index in [-0.39, 0.29) is 0 Å². The Bertz CT molecular complexity index is 684. The molecule has 26 heavy (non-hydrogen) atoms. The van der Waals surface area contributed by atoms with Crippen LogP contribution in [0.5, 0.6) is 0 Å². The number of aryl methyl sites for hydroxylation is 1. The van der Waals surface area contributed by atoms with Gasteiger partial charge in [0.1, 0.15) is 0 Å². The molecule has 7 nitrogen and oxygen atoms in total. The summed E-state index contributed by atoms with van der Waals surface area (Å²) in [5.41, 5.74) is 3.43. The molecule has 1 aromatic carbocycles. The first-order chi connectivity index (χ1) is 12.7. The summed E-state index contributed by atoms with van der Waals surface area (Å²) in [5.74, 6) is 0.754. The van der Waals surface area contributed by atoms with Crippen LogP contribution in [0.2, 0.25) is 0 Å². The van der Waals surface area contributed by atoms with Crippen molar-refractivity contribution in [2.24, 2.45) is 12.0 Å². The van der Waals surface area contributed by atoms with Crippen molar-refractivity contribution in [3.63, 3.8) is 0 Å². The second-order valence-electron chi connectivity index (χ2n) is 5.79. The van der Waals surface area contributed by atoms with E-state index in [1.54, 1.807) is 13.2 Å². The van der Waals surface area contributed by atoms with Gasteiger partial charge in [0, 0.05) is 33.4 Å². The second kappa shape index (κ2) is 11.3. The smallest absolute Gasteiger partial charge is 0.191 e. The fourth-order valence-corrected chi connectivity index (χ4v) is 2.44. The average molecular weight is 359 g/mol. The second-order valence-corrected chi connectivity index (χ2v) is 5.79. The quantitative estimate of drug-likeness (QED) is 0.385. The molecule has 142 valence electrons. The van der Waals surface area contributed by atoms with Gasteiger partial charge >= 0.3 is 0 Å². The number of ether oxygens (including phenoxy) is 2. The van der Waals surface area contributed by atoms with Gasteiger partial charge in [0.25, 0.3) is 0 Å². The van der Waals surface area contributed by atoms with E-state index in [4.69, 9.17) is 9.47 Å². The maximum atomic E-state index is 5.62. The van der Waals surface area contributed by atoms with E-state index in [9.17, 15) is 0 Å². The van der Waals surface area contributed by atoms with E-state index >= 15 is 0 Å². The minimum atomic E-state index is 0.592. The van der Waals surface area contributed by atoms with Crippen molar-refractivity contribution >= 4 is 5.96 Å². The van der Waals surface area contributed by atoms with Crippen molar-refractivity contribution in [3.05, 3.63) is 53.3 Å². The van der Waals surface area contributed by atoms with Crippen LogP contribution in [0.4, 0.5) is 0 Å². The van der Waals surface area contributed by atoms with Gasteiger partial charge in [-0.1, -0.05) is 24.3 Å². The topological polar surface area (TPSA) is 72.7 Å². The molecule has 2 aromatic rings. The predicted molar refractivity (Wildman–Crippen MR) is 103 cm³/mol. The fraction of sp³-hybridized carbons (Fsp3) is 0.474. The first-order valence-electron chi connectivity index (χ1n) is 8.87. The molecule has 0 aliphatic rings. The molecule has 0 aliphatic heterocycles. The molecule has 0 radical (unpaired) electrons. The van der Waals surface area contributed by atoms with Crippen LogP contribution in [-0.2, 0) is 36.2 Å². The van der Waals surface area contributed by atoms with Crippen LogP contribution in [0.3, 0.4) is 0 Å². The molecule has 0 saturated carbocycles. The lowest BCUT2D eigenvalue weighted by Crippen LogP contribution is -2.36. The Morgan fingerprint density at radius 2 is 1.88 bits per heavy atom. The highest BCUT2D eigenvalue weighted by atomic mass is 16.5. The number of guanidine groups is 1. The van der Waals surface area contributed by atoms with Gasteiger partial charge in [0.15, 0.2) is 5.96 Å². The molecule has 0 aliphatic carbocycles. The highest BCUT2D eigenvalue weighted by Gasteiger charge is 2.02. The lowest BCUT2D eigenvalue weighted by molar-refractivity contribution is 0.0453. The van der Waals surface area contributed by atoms with Crippen LogP contribution in [0.1, 0.15) is 23.7 Å². The normalized spacial score (nSPS) is 11.6. The number of aliphatic imine (C=N–C) groups is 1. The van der Waals surface area contributed by atoms with Crippen molar-refractivity contribution in [2.75, 3.05) is 26.9 Å². The predicted octanol–water partition coefficient (Wildman–Crippen LogP) is 1.84. The Morgan fingerprint density at radius 3 is 2.62 bits per heavy atom. The molecule has 7 heteroatoms. The summed E-state index contributed by atoms with van der Waals surface area (Å²) in [4.78, 5) is 4.26. The summed E-state index contributed by atoms with van der Waals surface area (Å²) < 4.78 is 12.7. The number of benzene rings is 1. The highest BCUT2D eigenvalue weighted by molar-refractivity contribution is 5.79. The van der Waals surface area contributed by atoms with E-state index in [1.807, 2.05) is 30.8 Å². The Balaban J connectivity index is 1.76. The Kier molecular flexibility index (Phi) is 8.65. The van der Waals surface area contributed by atoms with Crippen molar-refractivity contribution < 1.29 is 9.47 Å². The first kappa shape index (κ1) is 19.9. The lowest BCUT2D eigenvalue weighted by Gasteiger charge is -2.13. The zero-order valence-corrected chi connectivity index (χ0v) is 15.9. The van der Waals surface area contributed by atoms with Crippen LogP contribution >= 0.6 is 0 Å². The Hall–Kier alpha value is -2.38. The molecule has 0 spiro atoms. The van der Waals surface area contributed by atoms with Crippen molar-refractivity contribution in [1.82, 2.24) is 20.4 Å². The molecular formula is C19H29N5O2. The maximum absolute atomic E-state index is 5.62. The number of nitrogens with one attached hydrogen (secondary N) is 2. The van der Waals surface area contributed by atoms with E-state index < -0.39 is 0 Å². The molecule has 0 fully saturated rings. The molecular weight excluding hydrogens is 330 g/mol. The van der Waals surface area contributed by atoms with Crippen LogP contribution in [0.15, 0.2) is 41.5 Å². The summed E-state index contributed by atoms with van der Waals surface area (Å²) >= 11 is 0. The number of hydrogen-bond donors (Lipinski definition) is 2. The highest BCUT2D eigenvalue weighted by Crippen LogP contribution is 2.06. The molecule has 0 amide bonds. The Morgan fingerprint density at radius 1 is 1.12 bits per heavy atom. The van der Waals surface area contributed by atoms with Crippen LogP contribution in [-0.4, -0.2) is 42.6 Å². The van der Waals surface area contributed by atoms with Gasteiger partial charge in [0.2, 0.25) is 0 Å². The summed E-state index contributed by atoms with van der Waals surface area (Å²) in [5, 5.41) is 10.8. The van der Waals surface area contributed by atoms with E-state index in [0.29, 0.717) is 32.9 Å². The third-order valence-electron chi connectivity index (χ3n) is 3.88. The minimum absolute atomic E-state index is 0.592. The number of nitrogens with zero attached hydrogens (tertiary/aromatic N) is 3. The van der Waals surface area contributed by atoms with Crippen LogP contribution in [0.25, 0.3) is 0 Å². The van der Waals surface area contributed by atoms with Gasteiger partial charge in [-0.15, -0.1) is 0 Å². The molecule has 0 unspecified atom stereocenters. The van der Waals surface area contributed by atoms with Crippen molar-refractivity contribution in [2.45, 2.75) is 26.6 Å². The van der Waals surface area contributed by atoms with Gasteiger partial charge in [-0.2, -0.15) is 5.10 Å². The van der Waals surface area contributed by atoms with Gasteiger partial charge in [-0.25, -0.2) is 0 Å². The zero-order chi connectivity index (χ0) is 18.6. The molecule has 0 saturated heterocycles. The van der Waals surface area contributed by atoms with Gasteiger partial charge in [0.05, 0.1) is 32.1 Å². The summed E-state index contributed by atoms with van der Waals surface area (Å²) in [6, 6.07) is 10.3. The standard InChI is InChI=1S/C19H29N5O2/c1-4-25-10-11-26-15-17-7-5-6-16(12-17)13-21-19(20-2)22-14-18-8-9-23-24(18)3/h5-9,12H,4,10-11,13-15H2,1-3H3,(H2,20,21,22). The monoisotopic (exact) mass is 359 g/mol. The maximum Gasteiger partial charge on any atom is 0.191 e. The van der Waals surface area contributed by atoms with E-state index in [0.717, 1.165) is 23.8 Å². The summed E-state index contributed by atoms with van der Waals surface area (Å²) in [7, 11) is 3.69. The first-order valence-corrected chi connectivity index (χ1v) is 8.87. The third-order valence-corrected chi connectivity index (χ3v) is 3.88. The van der Waals surface area contributed by atoms with Gasteiger partial charge in [-0.3, -0.25) is 9.67 Å². The van der Waals surface area contributed by atoms with E-state index in [2.05, 4.69) is 38.9 Å². The average Bonchev–Trinajstić information content (AvgIpc) is 3.07. The molecule has 1 heterocycles. The zero-order valence-electron chi connectivity index (χ0n) is 15.9. The molecule has 0 bridgehead atoms.